The molecule has 0 atom stereocenters. The molecule has 3 aromatic heterocycles. The lowest BCUT2D eigenvalue weighted by molar-refractivity contribution is 1.12. The zero-order valence-electron chi connectivity index (χ0n) is 32.0. The monoisotopic (exact) mass is 781 g/mol. The van der Waals surface area contributed by atoms with E-state index in [1.165, 1.54) is 20.2 Å². The van der Waals surface area contributed by atoms with Gasteiger partial charge < -0.3 is 14.0 Å². The minimum Gasteiger partial charge on any atom is -0.310 e. The van der Waals surface area contributed by atoms with Crippen molar-refractivity contribution in [2.75, 3.05) is 4.90 Å². The number of hydrogen-bond donors (Lipinski definition) is 0. The van der Waals surface area contributed by atoms with Crippen LogP contribution >= 0.6 is 11.3 Å². The van der Waals surface area contributed by atoms with Gasteiger partial charge in [-0.05, 0) is 95.7 Å². The summed E-state index contributed by atoms with van der Waals surface area (Å²) < 4.78 is 6.81. The molecule has 0 saturated heterocycles. The largest absolute Gasteiger partial charge is 0.310 e. The van der Waals surface area contributed by atoms with Gasteiger partial charge in [0, 0.05) is 58.8 Å². The number of benzene rings is 9. The van der Waals surface area contributed by atoms with Crippen LogP contribution < -0.4 is 4.90 Å². The molecule has 0 unspecified atom stereocenters. The summed E-state index contributed by atoms with van der Waals surface area (Å²) in [6, 6.07) is 70.4. The van der Waals surface area contributed by atoms with Crippen LogP contribution in [0.4, 0.5) is 17.1 Å². The number of nitriles is 2. The molecule has 0 aliphatic rings. The summed E-state index contributed by atoms with van der Waals surface area (Å²) in [7, 11) is 0. The molecule has 6 heteroatoms. The van der Waals surface area contributed by atoms with Crippen molar-refractivity contribution in [2.45, 2.75) is 0 Å². The number of para-hydroxylation sites is 3. The molecular formula is C54H31N5S. The summed E-state index contributed by atoms with van der Waals surface area (Å²) in [6.45, 7) is 0. The number of nitrogens with zero attached hydrogens (tertiary/aromatic N) is 5. The molecule has 0 aliphatic carbocycles. The average molecular weight is 782 g/mol. The zero-order valence-corrected chi connectivity index (χ0v) is 32.9. The number of thiophene rings is 1. The Hall–Kier alpha value is -8.16. The van der Waals surface area contributed by atoms with Crippen molar-refractivity contribution >= 4 is 103 Å². The predicted octanol–water partition coefficient (Wildman–Crippen LogP) is 14.6. The molecule has 12 aromatic rings. The van der Waals surface area contributed by atoms with Gasteiger partial charge in [-0.2, -0.15) is 10.5 Å². The minimum absolute atomic E-state index is 0.475. The molecule has 60 heavy (non-hydrogen) atoms. The second-order valence-corrected chi connectivity index (χ2v) is 16.2. The fourth-order valence-corrected chi connectivity index (χ4v) is 10.6. The molecular weight excluding hydrogens is 751 g/mol. The number of fused-ring (bicyclic) bond motifs is 12. The van der Waals surface area contributed by atoms with E-state index < -0.39 is 0 Å². The smallest absolute Gasteiger partial charge is 0.101 e. The van der Waals surface area contributed by atoms with Gasteiger partial charge in [-0.25, -0.2) is 0 Å². The van der Waals surface area contributed by atoms with Crippen LogP contribution in [0.5, 0.6) is 0 Å². The first-order chi connectivity index (χ1) is 29.7. The van der Waals surface area contributed by atoms with Crippen LogP contribution in [-0.2, 0) is 0 Å². The van der Waals surface area contributed by atoms with Crippen LogP contribution in [0.3, 0.4) is 0 Å². The van der Waals surface area contributed by atoms with Crippen LogP contribution in [0.25, 0.3) is 85.9 Å². The van der Waals surface area contributed by atoms with Crippen molar-refractivity contribution in [1.29, 1.82) is 10.5 Å². The predicted molar refractivity (Wildman–Crippen MR) is 250 cm³/mol. The highest BCUT2D eigenvalue weighted by atomic mass is 32.1. The summed E-state index contributed by atoms with van der Waals surface area (Å²) in [5.41, 5.74) is 9.31. The van der Waals surface area contributed by atoms with Gasteiger partial charge in [0.25, 0.3) is 0 Å². The molecule has 0 aliphatic heterocycles. The first-order valence-electron chi connectivity index (χ1n) is 19.9. The highest BCUT2D eigenvalue weighted by Crippen LogP contribution is 2.46. The average Bonchev–Trinajstić information content (AvgIpc) is 3.97. The van der Waals surface area contributed by atoms with Gasteiger partial charge in [0.1, 0.15) is 12.1 Å². The van der Waals surface area contributed by atoms with E-state index in [2.05, 4.69) is 184 Å². The van der Waals surface area contributed by atoms with E-state index in [4.69, 9.17) is 0 Å². The number of rotatable bonds is 5. The van der Waals surface area contributed by atoms with Gasteiger partial charge in [-0.15, -0.1) is 11.3 Å². The first-order valence-corrected chi connectivity index (χ1v) is 20.7. The van der Waals surface area contributed by atoms with E-state index in [0.29, 0.717) is 22.5 Å². The van der Waals surface area contributed by atoms with E-state index in [1.54, 1.807) is 11.3 Å². The Labute approximate surface area is 348 Å². The molecule has 278 valence electrons. The van der Waals surface area contributed by atoms with Crippen molar-refractivity contribution in [3.63, 3.8) is 0 Å². The minimum atomic E-state index is 0.475. The Morgan fingerprint density at radius 1 is 0.383 bits per heavy atom. The van der Waals surface area contributed by atoms with Crippen molar-refractivity contribution < 1.29 is 0 Å². The van der Waals surface area contributed by atoms with Crippen LogP contribution in [0.2, 0.25) is 0 Å². The Morgan fingerprint density at radius 3 is 1.63 bits per heavy atom. The Kier molecular flexibility index (Phi) is 7.46. The van der Waals surface area contributed by atoms with Gasteiger partial charge in [0.2, 0.25) is 0 Å². The van der Waals surface area contributed by atoms with Gasteiger partial charge in [-0.1, -0.05) is 103 Å². The van der Waals surface area contributed by atoms with Crippen LogP contribution in [0.15, 0.2) is 188 Å². The van der Waals surface area contributed by atoms with Crippen LogP contribution in [-0.4, -0.2) is 9.13 Å². The molecule has 5 nitrogen and oxygen atoms in total. The van der Waals surface area contributed by atoms with Gasteiger partial charge >= 0.3 is 0 Å². The normalized spacial score (nSPS) is 11.6. The molecule has 0 amide bonds. The van der Waals surface area contributed by atoms with E-state index in [9.17, 15) is 10.5 Å². The van der Waals surface area contributed by atoms with Crippen LogP contribution in [0.1, 0.15) is 11.1 Å². The molecule has 0 radical (unpaired) electrons. The molecule has 3 heterocycles. The highest BCUT2D eigenvalue weighted by molar-refractivity contribution is 7.26. The standard InChI is InChI=1S/C54H31N5S/c55-32-35-30-49(36(33-56)29-48(35)58-44-21-11-9-19-41(44)53-47(58)27-28-51-54(53)42-20-10-12-22-50(42)60-51)59-45-26-24-39(57(37-14-3-1-4-15-37)38-16-5-2-6-17-38)31-43(45)52-40-18-8-7-13-34(40)23-25-46(52)59/h1-31H. The SMILES string of the molecule is N#Cc1cc(-n2c3ccccc3c3c4c(ccc32)sc2ccccc24)c(C#N)cc1-n1c2ccc(N(c3ccccc3)c3ccccc3)cc2c2c3ccccc3ccc21. The van der Waals surface area contributed by atoms with Crippen molar-refractivity contribution in [1.82, 2.24) is 9.13 Å². The zero-order chi connectivity index (χ0) is 39.9. The maximum Gasteiger partial charge on any atom is 0.101 e. The Morgan fingerprint density at radius 2 is 0.933 bits per heavy atom. The maximum absolute atomic E-state index is 11.1. The molecule has 12 rings (SSSR count). The van der Waals surface area contributed by atoms with Crippen LogP contribution in [0, 0.1) is 22.7 Å². The molecule has 0 N–H and O–H groups in total. The topological polar surface area (TPSA) is 60.7 Å². The lowest BCUT2D eigenvalue weighted by Gasteiger charge is -2.25. The van der Waals surface area contributed by atoms with E-state index in [-0.39, 0.29) is 0 Å². The Bertz CT molecular complexity index is 3760. The number of hydrogen-bond acceptors (Lipinski definition) is 4. The van der Waals surface area contributed by atoms with Crippen molar-refractivity contribution in [3.8, 4) is 23.5 Å². The lowest BCUT2D eigenvalue weighted by atomic mass is 10.0. The second-order valence-electron chi connectivity index (χ2n) is 15.1. The summed E-state index contributed by atoms with van der Waals surface area (Å²) in [5.74, 6) is 0. The van der Waals surface area contributed by atoms with Gasteiger partial charge in [0.15, 0.2) is 0 Å². The molecule has 0 spiro atoms. The summed E-state index contributed by atoms with van der Waals surface area (Å²) in [5, 5.41) is 31.2. The van der Waals surface area contributed by atoms with E-state index >= 15 is 0 Å². The van der Waals surface area contributed by atoms with E-state index in [0.717, 1.165) is 71.4 Å². The number of aromatic nitrogens is 2. The van der Waals surface area contributed by atoms with Gasteiger partial charge in [-0.3, -0.25) is 0 Å². The van der Waals surface area contributed by atoms with E-state index in [1.807, 2.05) is 30.3 Å². The van der Waals surface area contributed by atoms with Crippen molar-refractivity contribution in [3.05, 3.63) is 199 Å². The maximum atomic E-state index is 11.1. The third-order valence-corrected chi connectivity index (χ3v) is 13.1. The quantitative estimate of drug-likeness (QED) is 0.175. The molecule has 0 fully saturated rings. The Balaban J connectivity index is 1.14. The fraction of sp³-hybridized carbons (Fsp3) is 0. The van der Waals surface area contributed by atoms with Crippen molar-refractivity contribution in [2.24, 2.45) is 0 Å². The first kappa shape index (κ1) is 33.9. The molecule has 0 saturated carbocycles. The fourth-order valence-electron chi connectivity index (χ4n) is 9.44. The summed E-state index contributed by atoms with van der Waals surface area (Å²) >= 11 is 1.80. The second kappa shape index (κ2) is 13.2. The third-order valence-electron chi connectivity index (χ3n) is 11.9. The highest BCUT2D eigenvalue weighted by Gasteiger charge is 2.24. The third kappa shape index (κ3) is 4.90. The molecule has 9 aromatic carbocycles. The van der Waals surface area contributed by atoms with Gasteiger partial charge in [0.05, 0.1) is 44.6 Å². The summed E-state index contributed by atoms with van der Waals surface area (Å²) in [6.07, 6.45) is 0. The summed E-state index contributed by atoms with van der Waals surface area (Å²) in [4.78, 5) is 2.27. The lowest BCUT2D eigenvalue weighted by Crippen LogP contribution is -2.09. The molecule has 0 bridgehead atoms. The number of anilines is 3.